The number of pyridine rings is 1. The minimum Gasteiger partial charge on any atom is -0.357 e. The largest absolute Gasteiger partial charge is 0.357 e. The highest BCUT2D eigenvalue weighted by Crippen LogP contribution is 2.28. The Bertz CT molecular complexity index is 450. The summed E-state index contributed by atoms with van der Waals surface area (Å²) >= 11 is 0. The van der Waals surface area contributed by atoms with Gasteiger partial charge < -0.3 is 4.90 Å². The third-order valence-electron chi connectivity index (χ3n) is 3.96. The maximum Gasteiger partial charge on any atom is 0.128 e. The number of nitrogens with zero attached hydrogens (tertiary/aromatic N) is 3. The Morgan fingerprint density at radius 3 is 2.50 bits per heavy atom. The standard InChI is InChI=1S/C17H25N3/c1-19(2)14-6-7-15-9-11-16(12-10-15)20(3)17-8-4-5-13-18-17/h4-5,8,13,15-16H,9-12,14H2,1-3H3/t15-,16-. The molecule has 1 aromatic heterocycles. The molecule has 108 valence electrons. The third-order valence-corrected chi connectivity index (χ3v) is 3.96. The molecule has 0 unspecified atom stereocenters. The van der Waals surface area contributed by atoms with E-state index in [2.05, 4.69) is 59.9 Å². The Balaban J connectivity index is 1.83. The van der Waals surface area contributed by atoms with Gasteiger partial charge in [-0.1, -0.05) is 17.9 Å². The normalized spacial score (nSPS) is 22.2. The Morgan fingerprint density at radius 1 is 1.15 bits per heavy atom. The number of anilines is 1. The number of aromatic nitrogens is 1. The molecule has 0 bridgehead atoms. The summed E-state index contributed by atoms with van der Waals surface area (Å²) in [5.41, 5.74) is 0. The van der Waals surface area contributed by atoms with Gasteiger partial charge in [-0.05, 0) is 51.9 Å². The molecule has 0 aromatic carbocycles. The van der Waals surface area contributed by atoms with Crippen LogP contribution >= 0.6 is 0 Å². The van der Waals surface area contributed by atoms with Crippen molar-refractivity contribution in [1.29, 1.82) is 0 Å². The average Bonchev–Trinajstić information content (AvgIpc) is 2.48. The van der Waals surface area contributed by atoms with Gasteiger partial charge in [0.2, 0.25) is 0 Å². The first-order chi connectivity index (χ1) is 9.66. The van der Waals surface area contributed by atoms with Crippen LogP contribution in [-0.2, 0) is 0 Å². The summed E-state index contributed by atoms with van der Waals surface area (Å²) in [7, 11) is 6.28. The van der Waals surface area contributed by atoms with Gasteiger partial charge in [0.05, 0.1) is 6.54 Å². The molecule has 0 atom stereocenters. The second-order valence-corrected chi connectivity index (χ2v) is 5.86. The van der Waals surface area contributed by atoms with Crippen molar-refractivity contribution < 1.29 is 0 Å². The van der Waals surface area contributed by atoms with Gasteiger partial charge in [0.15, 0.2) is 0 Å². The molecule has 1 heterocycles. The van der Waals surface area contributed by atoms with E-state index in [1.54, 1.807) is 0 Å². The molecule has 1 aliphatic rings. The molecular weight excluding hydrogens is 246 g/mol. The van der Waals surface area contributed by atoms with Crippen molar-refractivity contribution in [3.8, 4) is 11.8 Å². The fourth-order valence-corrected chi connectivity index (χ4v) is 2.70. The number of hydrogen-bond acceptors (Lipinski definition) is 3. The van der Waals surface area contributed by atoms with Crippen LogP contribution in [0.1, 0.15) is 25.7 Å². The first-order valence-electron chi connectivity index (χ1n) is 7.44. The van der Waals surface area contributed by atoms with Gasteiger partial charge in [0.1, 0.15) is 5.82 Å². The fourth-order valence-electron chi connectivity index (χ4n) is 2.70. The fraction of sp³-hybridized carbons (Fsp3) is 0.588. The monoisotopic (exact) mass is 271 g/mol. The lowest BCUT2D eigenvalue weighted by Crippen LogP contribution is -2.35. The van der Waals surface area contributed by atoms with E-state index in [-0.39, 0.29) is 0 Å². The molecule has 1 saturated carbocycles. The first kappa shape index (κ1) is 14.9. The lowest BCUT2D eigenvalue weighted by Gasteiger charge is -2.34. The molecule has 0 aliphatic heterocycles. The molecule has 1 fully saturated rings. The molecule has 0 spiro atoms. The van der Waals surface area contributed by atoms with Gasteiger partial charge in [-0.15, -0.1) is 0 Å². The molecule has 3 nitrogen and oxygen atoms in total. The Morgan fingerprint density at radius 2 is 1.90 bits per heavy atom. The smallest absolute Gasteiger partial charge is 0.128 e. The maximum absolute atomic E-state index is 4.43. The van der Waals surface area contributed by atoms with Crippen molar-refractivity contribution in [2.75, 3.05) is 32.6 Å². The topological polar surface area (TPSA) is 19.4 Å². The van der Waals surface area contributed by atoms with Gasteiger partial charge in [-0.25, -0.2) is 4.98 Å². The predicted molar refractivity (Wildman–Crippen MR) is 84.7 cm³/mol. The first-order valence-corrected chi connectivity index (χ1v) is 7.44. The molecule has 0 radical (unpaired) electrons. The zero-order valence-corrected chi connectivity index (χ0v) is 12.8. The van der Waals surface area contributed by atoms with E-state index in [0.717, 1.165) is 12.4 Å². The van der Waals surface area contributed by atoms with Crippen LogP contribution in [0.15, 0.2) is 24.4 Å². The Labute approximate surface area is 123 Å². The zero-order chi connectivity index (χ0) is 14.4. The van der Waals surface area contributed by atoms with Crippen LogP contribution in [0.4, 0.5) is 5.82 Å². The van der Waals surface area contributed by atoms with Gasteiger partial charge in [0, 0.05) is 25.2 Å². The quantitative estimate of drug-likeness (QED) is 0.788. The van der Waals surface area contributed by atoms with Gasteiger partial charge in [0.25, 0.3) is 0 Å². The van der Waals surface area contributed by atoms with E-state index in [9.17, 15) is 0 Å². The summed E-state index contributed by atoms with van der Waals surface area (Å²) in [5, 5.41) is 0. The van der Waals surface area contributed by atoms with Crippen molar-refractivity contribution in [3.63, 3.8) is 0 Å². The minimum absolute atomic E-state index is 0.586. The summed E-state index contributed by atoms with van der Waals surface area (Å²) < 4.78 is 0. The molecule has 3 heteroatoms. The highest BCUT2D eigenvalue weighted by molar-refractivity contribution is 5.38. The molecule has 0 amide bonds. The van der Waals surface area contributed by atoms with Gasteiger partial charge in [-0.3, -0.25) is 4.90 Å². The molecule has 20 heavy (non-hydrogen) atoms. The highest BCUT2D eigenvalue weighted by Gasteiger charge is 2.23. The minimum atomic E-state index is 0.586. The van der Waals surface area contributed by atoms with E-state index in [1.165, 1.54) is 25.7 Å². The second-order valence-electron chi connectivity index (χ2n) is 5.86. The van der Waals surface area contributed by atoms with E-state index >= 15 is 0 Å². The van der Waals surface area contributed by atoms with Crippen LogP contribution in [-0.4, -0.2) is 43.6 Å². The van der Waals surface area contributed by atoms with Crippen LogP contribution in [0.5, 0.6) is 0 Å². The summed E-state index contributed by atoms with van der Waals surface area (Å²) in [5.74, 6) is 8.37. The van der Waals surface area contributed by atoms with Gasteiger partial charge in [-0.2, -0.15) is 0 Å². The molecule has 2 rings (SSSR count). The molecular formula is C17H25N3. The summed E-state index contributed by atoms with van der Waals surface area (Å²) in [6.07, 6.45) is 6.72. The molecule has 0 saturated heterocycles. The van der Waals surface area contributed by atoms with Crippen molar-refractivity contribution in [2.45, 2.75) is 31.7 Å². The van der Waals surface area contributed by atoms with Crippen molar-refractivity contribution in [2.24, 2.45) is 5.92 Å². The van der Waals surface area contributed by atoms with Crippen LogP contribution in [0.3, 0.4) is 0 Å². The molecule has 0 N–H and O–H groups in total. The van der Waals surface area contributed by atoms with Crippen LogP contribution in [0.2, 0.25) is 0 Å². The van der Waals surface area contributed by atoms with Gasteiger partial charge >= 0.3 is 0 Å². The van der Waals surface area contributed by atoms with E-state index in [1.807, 2.05) is 12.3 Å². The highest BCUT2D eigenvalue weighted by atomic mass is 15.2. The number of rotatable bonds is 3. The summed E-state index contributed by atoms with van der Waals surface area (Å²) in [4.78, 5) is 8.88. The number of hydrogen-bond donors (Lipinski definition) is 0. The zero-order valence-electron chi connectivity index (χ0n) is 12.8. The van der Waals surface area contributed by atoms with E-state index in [4.69, 9.17) is 0 Å². The summed E-state index contributed by atoms with van der Waals surface area (Å²) in [6.45, 7) is 0.869. The third kappa shape index (κ3) is 4.25. The molecule has 1 aromatic rings. The van der Waals surface area contributed by atoms with Crippen LogP contribution in [0.25, 0.3) is 0 Å². The van der Waals surface area contributed by atoms with Crippen molar-refractivity contribution >= 4 is 5.82 Å². The summed E-state index contributed by atoms with van der Waals surface area (Å²) in [6, 6.07) is 6.71. The SMILES string of the molecule is CN(C)CC#C[C@H]1CC[C@H](N(C)c2ccccn2)CC1. The Hall–Kier alpha value is -1.53. The maximum atomic E-state index is 4.43. The lowest BCUT2D eigenvalue weighted by molar-refractivity contribution is 0.373. The molecule has 1 aliphatic carbocycles. The van der Waals surface area contributed by atoms with Crippen LogP contribution in [0, 0.1) is 17.8 Å². The average molecular weight is 271 g/mol. The predicted octanol–water partition coefficient (Wildman–Crippen LogP) is 2.64. The van der Waals surface area contributed by atoms with Crippen molar-refractivity contribution in [1.82, 2.24) is 9.88 Å². The van der Waals surface area contributed by atoms with E-state index in [0.29, 0.717) is 12.0 Å². The van der Waals surface area contributed by atoms with E-state index < -0.39 is 0 Å². The lowest BCUT2D eigenvalue weighted by atomic mass is 9.86. The second kappa shape index (κ2) is 7.31. The Kier molecular flexibility index (Phi) is 5.43. The van der Waals surface area contributed by atoms with Crippen molar-refractivity contribution in [3.05, 3.63) is 24.4 Å². The van der Waals surface area contributed by atoms with Crippen LogP contribution < -0.4 is 4.90 Å².